The second-order valence-corrected chi connectivity index (χ2v) is 12.0. The largest absolute Gasteiger partial charge is 0.476 e. The number of hydrogen-bond donors (Lipinski definition) is 2. The van der Waals surface area contributed by atoms with Crippen molar-refractivity contribution in [1.29, 1.82) is 0 Å². The number of amides is 3. The summed E-state index contributed by atoms with van der Waals surface area (Å²) in [7, 11) is 3.30. The minimum atomic E-state index is -0.973. The lowest BCUT2D eigenvalue weighted by Gasteiger charge is -2.40. The third-order valence-corrected chi connectivity index (χ3v) is 8.25. The molecule has 10 nitrogen and oxygen atoms in total. The molecule has 2 heterocycles. The predicted octanol–water partition coefficient (Wildman–Crippen LogP) is 2.24. The number of nitrogens with zero attached hydrogens (tertiary/aromatic N) is 2. The second kappa shape index (κ2) is 11.1. The molecule has 0 unspecified atom stereocenters. The zero-order valence-electron chi connectivity index (χ0n) is 23.6. The van der Waals surface area contributed by atoms with Gasteiger partial charge in [-0.1, -0.05) is 0 Å². The molecule has 0 radical (unpaired) electrons. The van der Waals surface area contributed by atoms with Crippen LogP contribution < -0.4 is 25.2 Å². The second-order valence-electron chi connectivity index (χ2n) is 12.0. The average Bonchev–Trinajstić information content (AvgIpc) is 3.85. The van der Waals surface area contributed by atoms with Gasteiger partial charge in [-0.25, -0.2) is 0 Å². The van der Waals surface area contributed by atoms with Crippen molar-refractivity contribution in [2.24, 2.45) is 11.8 Å². The highest BCUT2D eigenvalue weighted by atomic mass is 16.5. The molecule has 39 heavy (non-hydrogen) atoms. The molecule has 0 aromatic heterocycles. The van der Waals surface area contributed by atoms with Crippen LogP contribution >= 0.6 is 0 Å². The molecule has 3 fully saturated rings. The van der Waals surface area contributed by atoms with E-state index < -0.39 is 5.60 Å². The summed E-state index contributed by atoms with van der Waals surface area (Å²) in [6.45, 7) is 6.22. The van der Waals surface area contributed by atoms with Gasteiger partial charge in [-0.2, -0.15) is 0 Å². The van der Waals surface area contributed by atoms with Crippen LogP contribution in [-0.2, 0) is 23.9 Å². The van der Waals surface area contributed by atoms with Gasteiger partial charge in [0.25, 0.3) is 5.91 Å². The van der Waals surface area contributed by atoms with Gasteiger partial charge in [-0.3, -0.25) is 14.4 Å². The van der Waals surface area contributed by atoms with Crippen LogP contribution in [0.15, 0.2) is 18.2 Å². The molecule has 1 aromatic rings. The summed E-state index contributed by atoms with van der Waals surface area (Å²) in [5, 5.41) is 6.50. The first-order valence-corrected chi connectivity index (χ1v) is 14.2. The minimum absolute atomic E-state index is 0.00807. The van der Waals surface area contributed by atoms with Gasteiger partial charge in [0.1, 0.15) is 5.75 Å². The number of hydrogen-bond acceptors (Lipinski definition) is 7. The molecule has 214 valence electrons. The molecule has 2 aliphatic heterocycles. The van der Waals surface area contributed by atoms with Crippen LogP contribution in [0.4, 0.5) is 11.4 Å². The van der Waals surface area contributed by atoms with E-state index in [1.54, 1.807) is 33.0 Å². The maximum atomic E-state index is 14.0. The van der Waals surface area contributed by atoms with Gasteiger partial charge in [0.2, 0.25) is 11.8 Å². The molecular formula is C29H42N4O6. The van der Waals surface area contributed by atoms with Crippen LogP contribution in [0.25, 0.3) is 0 Å². The van der Waals surface area contributed by atoms with Gasteiger partial charge < -0.3 is 34.6 Å². The SMILES string of the molecule is COCCCN1C(=O)C(C)(C)Oc2ccc(N(C(=O)[C@H]3CNC[C@@H](C(=O)NC4(COC)CC4)C3)C3CC3)cc21. The Morgan fingerprint density at radius 2 is 1.90 bits per heavy atom. The lowest BCUT2D eigenvalue weighted by molar-refractivity contribution is -0.132. The van der Waals surface area contributed by atoms with E-state index in [0.29, 0.717) is 57.1 Å². The van der Waals surface area contributed by atoms with Crippen molar-refractivity contribution < 1.29 is 28.6 Å². The highest BCUT2D eigenvalue weighted by Crippen LogP contribution is 2.43. The molecular weight excluding hydrogens is 500 g/mol. The van der Waals surface area contributed by atoms with Crippen molar-refractivity contribution in [1.82, 2.24) is 10.6 Å². The average molecular weight is 543 g/mol. The van der Waals surface area contributed by atoms with Gasteiger partial charge in [-0.05, 0) is 70.6 Å². The summed E-state index contributed by atoms with van der Waals surface area (Å²) in [6, 6.07) is 5.81. The normalized spacial score (nSPS) is 24.9. The van der Waals surface area contributed by atoms with E-state index >= 15 is 0 Å². The molecule has 4 aliphatic rings. The molecule has 1 saturated heterocycles. The molecule has 2 saturated carbocycles. The smallest absolute Gasteiger partial charge is 0.270 e. The Labute approximate surface area is 230 Å². The van der Waals surface area contributed by atoms with Crippen molar-refractivity contribution in [2.45, 2.75) is 69.6 Å². The van der Waals surface area contributed by atoms with E-state index in [4.69, 9.17) is 14.2 Å². The lowest BCUT2D eigenvalue weighted by atomic mass is 9.88. The monoisotopic (exact) mass is 542 g/mol. The van der Waals surface area contributed by atoms with Crippen LogP contribution in [0, 0.1) is 11.8 Å². The zero-order chi connectivity index (χ0) is 27.8. The Balaban J connectivity index is 1.34. The number of fused-ring (bicyclic) bond motifs is 1. The Morgan fingerprint density at radius 3 is 2.56 bits per heavy atom. The van der Waals surface area contributed by atoms with Gasteiger partial charge >= 0.3 is 0 Å². The fourth-order valence-corrected chi connectivity index (χ4v) is 5.77. The number of carbonyl (C=O) groups excluding carboxylic acids is 3. The first-order valence-electron chi connectivity index (χ1n) is 14.2. The van der Waals surface area contributed by atoms with Crippen LogP contribution in [0.3, 0.4) is 0 Å². The number of piperidine rings is 1. The molecule has 10 heteroatoms. The van der Waals surface area contributed by atoms with Crippen molar-refractivity contribution >= 4 is 29.1 Å². The van der Waals surface area contributed by atoms with Gasteiger partial charge in [-0.15, -0.1) is 0 Å². The van der Waals surface area contributed by atoms with Crippen molar-refractivity contribution in [3.63, 3.8) is 0 Å². The van der Waals surface area contributed by atoms with E-state index in [-0.39, 0.29) is 41.1 Å². The standard InChI is InChI=1S/C29H42N4O6/c1-28(2)27(36)32(12-5-13-37-3)23-15-22(8-9-24(23)39-28)33(21-6-7-21)26(35)20-14-19(16-30-17-20)25(34)31-29(10-11-29)18-38-4/h8-9,15,19-21,30H,5-7,10-14,16-18H2,1-4H3,(H,31,34)/t19-,20+/m0/s1. The predicted molar refractivity (Wildman–Crippen MR) is 147 cm³/mol. The minimum Gasteiger partial charge on any atom is -0.476 e. The number of rotatable bonds is 11. The van der Waals surface area contributed by atoms with Crippen molar-refractivity contribution in [2.75, 3.05) is 56.9 Å². The molecule has 0 bridgehead atoms. The molecule has 5 rings (SSSR count). The molecule has 2 atom stereocenters. The fourth-order valence-electron chi connectivity index (χ4n) is 5.77. The van der Waals surface area contributed by atoms with Gasteiger partial charge in [0, 0.05) is 52.2 Å². The van der Waals surface area contributed by atoms with Crippen molar-refractivity contribution in [3.8, 4) is 5.75 Å². The maximum Gasteiger partial charge on any atom is 0.270 e. The van der Waals surface area contributed by atoms with E-state index in [1.807, 2.05) is 23.1 Å². The topological polar surface area (TPSA) is 109 Å². The highest BCUT2D eigenvalue weighted by Gasteiger charge is 2.47. The number of benzene rings is 1. The Bertz CT molecular complexity index is 1100. The maximum absolute atomic E-state index is 14.0. The zero-order valence-corrected chi connectivity index (χ0v) is 23.6. The van der Waals surface area contributed by atoms with E-state index in [0.717, 1.165) is 31.4 Å². The summed E-state index contributed by atoms with van der Waals surface area (Å²) in [4.78, 5) is 44.0. The molecule has 2 aliphatic carbocycles. The van der Waals surface area contributed by atoms with Gasteiger partial charge in [0.15, 0.2) is 5.60 Å². The molecule has 0 spiro atoms. The van der Waals surface area contributed by atoms with E-state index in [2.05, 4.69) is 10.6 Å². The number of ether oxygens (including phenoxy) is 3. The highest BCUT2D eigenvalue weighted by molar-refractivity contribution is 6.04. The number of anilines is 2. The van der Waals surface area contributed by atoms with E-state index in [9.17, 15) is 14.4 Å². The number of methoxy groups -OCH3 is 2. The third-order valence-electron chi connectivity index (χ3n) is 8.25. The molecule has 1 aromatic carbocycles. The summed E-state index contributed by atoms with van der Waals surface area (Å²) in [5.74, 6) is -0.0413. The van der Waals surface area contributed by atoms with Crippen LogP contribution in [0.1, 0.15) is 52.4 Å². The summed E-state index contributed by atoms with van der Waals surface area (Å²) < 4.78 is 16.6. The molecule has 3 amide bonds. The first-order chi connectivity index (χ1) is 18.7. The Hall–Kier alpha value is -2.69. The summed E-state index contributed by atoms with van der Waals surface area (Å²) >= 11 is 0. The lowest BCUT2D eigenvalue weighted by Crippen LogP contribution is -2.53. The number of carbonyl (C=O) groups is 3. The first kappa shape index (κ1) is 27.9. The fraction of sp³-hybridized carbons (Fsp3) is 0.690. The van der Waals surface area contributed by atoms with Crippen LogP contribution in [0.5, 0.6) is 5.75 Å². The Morgan fingerprint density at radius 1 is 1.15 bits per heavy atom. The Kier molecular flexibility index (Phi) is 7.90. The van der Waals surface area contributed by atoms with Crippen LogP contribution in [-0.4, -0.2) is 82.0 Å². The van der Waals surface area contributed by atoms with E-state index in [1.165, 1.54) is 0 Å². The third kappa shape index (κ3) is 5.93. The van der Waals surface area contributed by atoms with Crippen molar-refractivity contribution in [3.05, 3.63) is 18.2 Å². The summed E-state index contributed by atoms with van der Waals surface area (Å²) in [5.41, 5.74) is 0.227. The molecule has 2 N–H and O–H groups in total. The quantitative estimate of drug-likeness (QED) is 0.413. The van der Waals surface area contributed by atoms with Crippen LogP contribution in [0.2, 0.25) is 0 Å². The number of nitrogens with one attached hydrogen (secondary N) is 2. The summed E-state index contributed by atoms with van der Waals surface area (Å²) in [6.07, 6.45) is 4.92. The van der Waals surface area contributed by atoms with Gasteiger partial charge in [0.05, 0.1) is 29.7 Å².